The van der Waals surface area contributed by atoms with Crippen molar-refractivity contribution in [1.82, 2.24) is 19.7 Å². The van der Waals surface area contributed by atoms with Crippen LogP contribution in [0, 0.1) is 12.7 Å². The van der Waals surface area contributed by atoms with E-state index in [9.17, 15) is 9.18 Å². The topological polar surface area (TPSA) is 54.3 Å². The van der Waals surface area contributed by atoms with Crippen LogP contribution in [0.25, 0.3) is 0 Å². The maximum absolute atomic E-state index is 13.0. The Hall–Kier alpha value is -2.35. The van der Waals surface area contributed by atoms with E-state index >= 15 is 0 Å². The van der Waals surface area contributed by atoms with Gasteiger partial charge in [0, 0.05) is 38.4 Å². The molecule has 138 valence electrons. The summed E-state index contributed by atoms with van der Waals surface area (Å²) < 4.78 is 15.0. The molecule has 1 aromatic carbocycles. The first kappa shape index (κ1) is 18.4. The second-order valence-corrected chi connectivity index (χ2v) is 7.00. The summed E-state index contributed by atoms with van der Waals surface area (Å²) >= 11 is 1.40. The SMILES string of the molecule is C=CCn1c(C)nnc1SCC(=O)N1CCN(c2ccc(F)cc2)CC1. The molecule has 1 aliphatic rings. The number of carbonyl (C=O) groups excluding carboxylic acids is 1. The number of rotatable bonds is 6. The summed E-state index contributed by atoms with van der Waals surface area (Å²) in [7, 11) is 0. The van der Waals surface area contributed by atoms with Gasteiger partial charge in [0.05, 0.1) is 5.75 Å². The number of thioether (sulfide) groups is 1. The average molecular weight is 375 g/mol. The molecular formula is C18H22FN5OS. The fourth-order valence-electron chi connectivity index (χ4n) is 2.89. The van der Waals surface area contributed by atoms with E-state index in [1.165, 1.54) is 23.9 Å². The molecule has 0 spiro atoms. The van der Waals surface area contributed by atoms with Crippen LogP contribution in [-0.2, 0) is 11.3 Å². The quantitative estimate of drug-likeness (QED) is 0.573. The number of aromatic nitrogens is 3. The van der Waals surface area contributed by atoms with Gasteiger partial charge in [-0.1, -0.05) is 17.8 Å². The van der Waals surface area contributed by atoms with Gasteiger partial charge in [0.25, 0.3) is 0 Å². The molecule has 0 N–H and O–H groups in total. The summed E-state index contributed by atoms with van der Waals surface area (Å²) in [5, 5.41) is 8.93. The van der Waals surface area contributed by atoms with E-state index in [0.717, 1.165) is 29.8 Å². The van der Waals surface area contributed by atoms with Gasteiger partial charge in [-0.2, -0.15) is 0 Å². The van der Waals surface area contributed by atoms with E-state index in [0.29, 0.717) is 25.4 Å². The predicted octanol–water partition coefficient (Wildman–Crippen LogP) is 2.35. The number of hydrogen-bond acceptors (Lipinski definition) is 5. The van der Waals surface area contributed by atoms with Crippen LogP contribution in [0.4, 0.5) is 10.1 Å². The van der Waals surface area contributed by atoms with Crippen LogP contribution in [0.2, 0.25) is 0 Å². The van der Waals surface area contributed by atoms with Crippen molar-refractivity contribution < 1.29 is 9.18 Å². The molecule has 2 aromatic rings. The van der Waals surface area contributed by atoms with Crippen molar-refractivity contribution in [3.8, 4) is 0 Å². The predicted molar refractivity (Wildman–Crippen MR) is 101 cm³/mol. The third-order valence-corrected chi connectivity index (χ3v) is 5.31. The summed E-state index contributed by atoms with van der Waals surface area (Å²) in [4.78, 5) is 16.5. The highest BCUT2D eigenvalue weighted by molar-refractivity contribution is 7.99. The first-order valence-corrected chi connectivity index (χ1v) is 9.49. The molecule has 6 nitrogen and oxygen atoms in total. The summed E-state index contributed by atoms with van der Waals surface area (Å²) in [6.45, 7) is 9.07. The van der Waals surface area contributed by atoms with Crippen LogP contribution < -0.4 is 4.90 Å². The number of carbonyl (C=O) groups is 1. The Kier molecular flexibility index (Phi) is 5.92. The molecule has 26 heavy (non-hydrogen) atoms. The summed E-state index contributed by atoms with van der Waals surface area (Å²) in [6, 6.07) is 6.48. The maximum atomic E-state index is 13.0. The smallest absolute Gasteiger partial charge is 0.233 e. The van der Waals surface area contributed by atoms with E-state index in [4.69, 9.17) is 0 Å². The number of amides is 1. The second kappa shape index (κ2) is 8.35. The van der Waals surface area contributed by atoms with Crippen molar-refractivity contribution in [2.45, 2.75) is 18.6 Å². The number of hydrogen-bond donors (Lipinski definition) is 0. The molecule has 0 saturated carbocycles. The fraction of sp³-hybridized carbons (Fsp3) is 0.389. The Morgan fingerprint density at radius 1 is 1.23 bits per heavy atom. The maximum Gasteiger partial charge on any atom is 0.233 e. The molecule has 0 atom stereocenters. The molecule has 1 saturated heterocycles. The van der Waals surface area contributed by atoms with Crippen molar-refractivity contribution in [3.05, 3.63) is 48.6 Å². The molecule has 1 amide bonds. The molecule has 0 unspecified atom stereocenters. The third kappa shape index (κ3) is 4.24. The molecule has 1 fully saturated rings. The van der Waals surface area contributed by atoms with Crippen LogP contribution in [-0.4, -0.2) is 57.5 Å². The van der Waals surface area contributed by atoms with Crippen LogP contribution in [0.3, 0.4) is 0 Å². The molecule has 0 aliphatic carbocycles. The Morgan fingerprint density at radius 3 is 2.58 bits per heavy atom. The number of anilines is 1. The summed E-state index contributed by atoms with van der Waals surface area (Å²) in [6.07, 6.45) is 1.79. The lowest BCUT2D eigenvalue weighted by molar-refractivity contribution is -0.128. The van der Waals surface area contributed by atoms with Crippen molar-refractivity contribution in [2.75, 3.05) is 36.8 Å². The number of aryl methyl sites for hydroxylation is 1. The largest absolute Gasteiger partial charge is 0.368 e. The van der Waals surface area contributed by atoms with Crippen LogP contribution in [0.15, 0.2) is 42.1 Å². The molecule has 1 aliphatic heterocycles. The summed E-state index contributed by atoms with van der Waals surface area (Å²) in [5.74, 6) is 1.01. The Balaban J connectivity index is 1.51. The normalized spacial score (nSPS) is 14.5. The van der Waals surface area contributed by atoms with Gasteiger partial charge in [-0.3, -0.25) is 4.79 Å². The van der Waals surface area contributed by atoms with Gasteiger partial charge in [0.1, 0.15) is 11.6 Å². The molecular weight excluding hydrogens is 353 g/mol. The lowest BCUT2D eigenvalue weighted by atomic mass is 10.2. The monoisotopic (exact) mass is 375 g/mol. The van der Waals surface area contributed by atoms with Crippen molar-refractivity contribution in [2.24, 2.45) is 0 Å². The third-order valence-electron chi connectivity index (χ3n) is 4.36. The standard InChI is InChI=1S/C18H22FN5OS/c1-3-8-24-14(2)20-21-18(24)26-13-17(25)23-11-9-22(10-12-23)16-6-4-15(19)5-7-16/h3-7H,1,8-13H2,2H3. The van der Waals surface area contributed by atoms with Crippen LogP contribution in [0.5, 0.6) is 0 Å². The van der Waals surface area contributed by atoms with Crippen LogP contribution in [0.1, 0.15) is 5.82 Å². The molecule has 0 bridgehead atoms. The van der Waals surface area contributed by atoms with Gasteiger partial charge in [-0.25, -0.2) is 4.39 Å². The molecule has 8 heteroatoms. The van der Waals surface area contributed by atoms with Crippen molar-refractivity contribution in [1.29, 1.82) is 0 Å². The molecule has 3 rings (SSSR count). The second-order valence-electron chi connectivity index (χ2n) is 6.06. The highest BCUT2D eigenvalue weighted by atomic mass is 32.2. The Bertz CT molecular complexity index is 768. The average Bonchev–Trinajstić information content (AvgIpc) is 3.01. The van der Waals surface area contributed by atoms with E-state index in [1.54, 1.807) is 18.2 Å². The minimum atomic E-state index is -0.237. The van der Waals surface area contributed by atoms with Gasteiger partial charge >= 0.3 is 0 Å². The highest BCUT2D eigenvalue weighted by Gasteiger charge is 2.22. The number of piperazine rings is 1. The van der Waals surface area contributed by atoms with Gasteiger partial charge in [-0.05, 0) is 31.2 Å². The molecule has 0 radical (unpaired) electrons. The lowest BCUT2D eigenvalue weighted by Gasteiger charge is -2.36. The molecule has 2 heterocycles. The van der Waals surface area contributed by atoms with E-state index < -0.39 is 0 Å². The number of benzene rings is 1. The first-order valence-electron chi connectivity index (χ1n) is 8.50. The van der Waals surface area contributed by atoms with Gasteiger partial charge in [0.2, 0.25) is 5.91 Å². The highest BCUT2D eigenvalue weighted by Crippen LogP contribution is 2.20. The van der Waals surface area contributed by atoms with Gasteiger partial charge in [-0.15, -0.1) is 16.8 Å². The van der Waals surface area contributed by atoms with Crippen LogP contribution >= 0.6 is 11.8 Å². The lowest BCUT2D eigenvalue weighted by Crippen LogP contribution is -2.49. The van der Waals surface area contributed by atoms with Crippen molar-refractivity contribution in [3.63, 3.8) is 0 Å². The van der Waals surface area contributed by atoms with E-state index in [1.807, 2.05) is 16.4 Å². The Labute approximate surface area is 156 Å². The Morgan fingerprint density at radius 2 is 1.92 bits per heavy atom. The van der Waals surface area contributed by atoms with E-state index in [-0.39, 0.29) is 11.7 Å². The minimum absolute atomic E-state index is 0.0968. The minimum Gasteiger partial charge on any atom is -0.368 e. The van der Waals surface area contributed by atoms with Crippen molar-refractivity contribution >= 4 is 23.4 Å². The fourth-order valence-corrected chi connectivity index (χ4v) is 3.79. The number of nitrogens with zero attached hydrogens (tertiary/aromatic N) is 5. The van der Waals surface area contributed by atoms with E-state index in [2.05, 4.69) is 21.7 Å². The number of halogens is 1. The van der Waals surface area contributed by atoms with Gasteiger partial charge < -0.3 is 14.4 Å². The zero-order valence-corrected chi connectivity index (χ0v) is 15.6. The zero-order chi connectivity index (χ0) is 18.5. The zero-order valence-electron chi connectivity index (χ0n) is 14.8. The number of allylic oxidation sites excluding steroid dienone is 1. The summed E-state index contributed by atoms with van der Waals surface area (Å²) in [5.41, 5.74) is 0.987. The molecule has 1 aromatic heterocycles. The first-order chi connectivity index (χ1) is 12.6. The van der Waals surface area contributed by atoms with Gasteiger partial charge in [0.15, 0.2) is 5.16 Å².